The molecule has 0 aromatic heterocycles. The molecule has 23 heavy (non-hydrogen) atoms. The molecular formula is C19H20O4. The van der Waals surface area contributed by atoms with Crippen LogP contribution < -0.4 is 9.47 Å². The van der Waals surface area contributed by atoms with Crippen LogP contribution in [0.25, 0.3) is 6.08 Å². The first-order chi connectivity index (χ1) is 11.2. The number of hydrogen-bond acceptors (Lipinski definition) is 4. The molecule has 1 atom stereocenters. The van der Waals surface area contributed by atoms with E-state index < -0.39 is 6.10 Å². The van der Waals surface area contributed by atoms with Gasteiger partial charge in [-0.05, 0) is 18.2 Å². The number of benzene rings is 2. The van der Waals surface area contributed by atoms with Gasteiger partial charge in [-0.2, -0.15) is 0 Å². The molecule has 0 amide bonds. The van der Waals surface area contributed by atoms with Crippen molar-refractivity contribution in [1.29, 1.82) is 0 Å². The van der Waals surface area contributed by atoms with E-state index in [1.165, 1.54) is 6.92 Å². The first-order valence-electron chi connectivity index (χ1n) is 7.27. The molecule has 0 aliphatic carbocycles. The fourth-order valence-corrected chi connectivity index (χ4v) is 2.28. The maximum absolute atomic E-state index is 11.4. The quantitative estimate of drug-likeness (QED) is 0.756. The van der Waals surface area contributed by atoms with Crippen molar-refractivity contribution < 1.29 is 19.0 Å². The lowest BCUT2D eigenvalue weighted by Gasteiger charge is -2.16. The van der Waals surface area contributed by atoms with E-state index in [1.54, 1.807) is 14.2 Å². The third-order valence-corrected chi connectivity index (χ3v) is 3.33. The van der Waals surface area contributed by atoms with Crippen LogP contribution in [0.3, 0.4) is 0 Å². The molecule has 1 unspecified atom stereocenters. The largest absolute Gasteiger partial charge is 0.496 e. The second-order valence-electron chi connectivity index (χ2n) is 4.87. The Kier molecular flexibility index (Phi) is 5.80. The number of esters is 1. The summed E-state index contributed by atoms with van der Waals surface area (Å²) in [6.45, 7) is 1.39. The Morgan fingerprint density at radius 2 is 1.57 bits per heavy atom. The Hall–Kier alpha value is -2.75. The minimum Gasteiger partial charge on any atom is -0.496 e. The van der Waals surface area contributed by atoms with Crippen LogP contribution in [0.2, 0.25) is 0 Å². The molecule has 120 valence electrons. The summed E-state index contributed by atoms with van der Waals surface area (Å²) < 4.78 is 16.1. The lowest BCUT2D eigenvalue weighted by molar-refractivity contribution is -0.144. The number of methoxy groups -OCH3 is 2. The minimum absolute atomic E-state index is 0.356. The second kappa shape index (κ2) is 8.03. The highest BCUT2D eigenvalue weighted by Crippen LogP contribution is 2.30. The average molecular weight is 312 g/mol. The van der Waals surface area contributed by atoms with Crippen molar-refractivity contribution in [3.8, 4) is 11.5 Å². The molecule has 0 saturated carbocycles. The van der Waals surface area contributed by atoms with Crippen LogP contribution in [0.4, 0.5) is 0 Å². The smallest absolute Gasteiger partial charge is 0.303 e. The van der Waals surface area contributed by atoms with Crippen molar-refractivity contribution in [1.82, 2.24) is 0 Å². The van der Waals surface area contributed by atoms with Gasteiger partial charge in [0.25, 0.3) is 0 Å². The van der Waals surface area contributed by atoms with Crippen LogP contribution in [0.5, 0.6) is 11.5 Å². The van der Waals surface area contributed by atoms with Crippen LogP contribution in [-0.4, -0.2) is 20.2 Å². The highest BCUT2D eigenvalue weighted by molar-refractivity contribution is 5.67. The average Bonchev–Trinajstić information content (AvgIpc) is 2.58. The Morgan fingerprint density at radius 3 is 2.22 bits per heavy atom. The number of carbonyl (C=O) groups excluding carboxylic acids is 1. The zero-order valence-corrected chi connectivity index (χ0v) is 13.5. The molecule has 0 N–H and O–H groups in total. The van der Waals surface area contributed by atoms with Crippen molar-refractivity contribution in [2.75, 3.05) is 14.2 Å². The number of ether oxygens (including phenoxy) is 3. The molecule has 0 aliphatic rings. The lowest BCUT2D eigenvalue weighted by Crippen LogP contribution is -2.07. The van der Waals surface area contributed by atoms with Crippen molar-refractivity contribution in [3.05, 3.63) is 65.7 Å². The number of para-hydroxylation sites is 2. The molecule has 0 bridgehead atoms. The van der Waals surface area contributed by atoms with Gasteiger partial charge >= 0.3 is 5.97 Å². The molecule has 0 radical (unpaired) electrons. The van der Waals surface area contributed by atoms with Gasteiger partial charge in [0.1, 0.15) is 17.6 Å². The van der Waals surface area contributed by atoms with Gasteiger partial charge in [-0.3, -0.25) is 4.79 Å². The number of rotatable bonds is 6. The summed E-state index contributed by atoms with van der Waals surface area (Å²) in [6.07, 6.45) is 3.16. The summed E-state index contributed by atoms with van der Waals surface area (Å²) >= 11 is 0. The molecule has 0 aliphatic heterocycles. The van der Waals surface area contributed by atoms with Crippen molar-refractivity contribution in [3.63, 3.8) is 0 Å². The first kappa shape index (κ1) is 16.6. The van der Waals surface area contributed by atoms with E-state index >= 15 is 0 Å². The lowest BCUT2D eigenvalue weighted by atomic mass is 10.1. The SMILES string of the molecule is COc1ccccc1/C=C/C(OC(C)=O)c1ccccc1OC. The Balaban J connectivity index is 2.35. The molecule has 0 spiro atoms. The highest BCUT2D eigenvalue weighted by atomic mass is 16.5. The maximum Gasteiger partial charge on any atom is 0.303 e. The first-order valence-corrected chi connectivity index (χ1v) is 7.27. The third-order valence-electron chi connectivity index (χ3n) is 3.33. The van der Waals surface area contributed by atoms with Crippen molar-refractivity contribution in [2.24, 2.45) is 0 Å². The van der Waals surface area contributed by atoms with E-state index in [0.29, 0.717) is 5.75 Å². The topological polar surface area (TPSA) is 44.8 Å². The zero-order valence-electron chi connectivity index (χ0n) is 13.5. The second-order valence-corrected chi connectivity index (χ2v) is 4.87. The molecule has 4 nitrogen and oxygen atoms in total. The van der Waals surface area contributed by atoms with Crippen LogP contribution in [0.1, 0.15) is 24.2 Å². The van der Waals surface area contributed by atoms with Gasteiger partial charge in [-0.1, -0.05) is 42.5 Å². The molecule has 2 aromatic rings. The van der Waals surface area contributed by atoms with Gasteiger partial charge in [-0.15, -0.1) is 0 Å². The minimum atomic E-state index is -0.534. The summed E-state index contributed by atoms with van der Waals surface area (Å²) in [5.41, 5.74) is 1.69. The molecular weight excluding hydrogens is 292 g/mol. The van der Waals surface area contributed by atoms with E-state index in [9.17, 15) is 4.79 Å². The Labute approximate surface area is 136 Å². The van der Waals surface area contributed by atoms with Crippen LogP contribution >= 0.6 is 0 Å². The van der Waals surface area contributed by atoms with E-state index in [0.717, 1.165) is 16.9 Å². The van der Waals surface area contributed by atoms with Crippen LogP contribution in [0, 0.1) is 0 Å². The molecule has 2 rings (SSSR count). The molecule has 0 fully saturated rings. The molecule has 0 saturated heterocycles. The van der Waals surface area contributed by atoms with E-state index in [2.05, 4.69) is 0 Å². The van der Waals surface area contributed by atoms with E-state index in [4.69, 9.17) is 14.2 Å². The van der Waals surface area contributed by atoms with Gasteiger partial charge in [0, 0.05) is 18.1 Å². The molecule has 2 aromatic carbocycles. The number of carbonyl (C=O) groups is 1. The van der Waals surface area contributed by atoms with Gasteiger partial charge in [0.05, 0.1) is 14.2 Å². The fraction of sp³-hybridized carbons (Fsp3) is 0.211. The predicted molar refractivity (Wildman–Crippen MR) is 89.5 cm³/mol. The standard InChI is InChI=1S/C19H20O4/c1-14(20)23-19(16-9-5-7-11-18(16)22-3)13-12-15-8-4-6-10-17(15)21-2/h4-13,19H,1-3H3/b13-12+. The monoisotopic (exact) mass is 312 g/mol. The summed E-state index contributed by atoms with van der Waals surface area (Å²) in [4.78, 5) is 11.4. The predicted octanol–water partition coefficient (Wildman–Crippen LogP) is 4.02. The van der Waals surface area contributed by atoms with E-state index in [-0.39, 0.29) is 5.97 Å². The molecule has 0 heterocycles. The van der Waals surface area contributed by atoms with Gasteiger partial charge in [0.15, 0.2) is 0 Å². The van der Waals surface area contributed by atoms with Gasteiger partial charge in [0.2, 0.25) is 0 Å². The van der Waals surface area contributed by atoms with Crippen LogP contribution in [-0.2, 0) is 9.53 Å². The van der Waals surface area contributed by atoms with Gasteiger partial charge in [-0.25, -0.2) is 0 Å². The van der Waals surface area contributed by atoms with Crippen molar-refractivity contribution >= 4 is 12.0 Å². The van der Waals surface area contributed by atoms with E-state index in [1.807, 2.05) is 60.7 Å². The third kappa shape index (κ3) is 4.36. The van der Waals surface area contributed by atoms with Gasteiger partial charge < -0.3 is 14.2 Å². The fourth-order valence-electron chi connectivity index (χ4n) is 2.28. The highest BCUT2D eigenvalue weighted by Gasteiger charge is 2.16. The normalized spacial score (nSPS) is 12.0. The summed E-state index contributed by atoms with van der Waals surface area (Å²) in [5, 5.41) is 0. The maximum atomic E-state index is 11.4. The summed E-state index contributed by atoms with van der Waals surface area (Å²) in [6, 6.07) is 15.1. The zero-order chi connectivity index (χ0) is 16.7. The Morgan fingerprint density at radius 1 is 0.957 bits per heavy atom. The van der Waals surface area contributed by atoms with Crippen molar-refractivity contribution in [2.45, 2.75) is 13.0 Å². The molecule has 4 heteroatoms. The summed E-state index contributed by atoms with van der Waals surface area (Å²) in [5.74, 6) is 1.07. The Bertz CT molecular complexity index is 691. The summed E-state index contributed by atoms with van der Waals surface area (Å²) in [7, 11) is 3.21. The van der Waals surface area contributed by atoms with Crippen LogP contribution in [0.15, 0.2) is 54.6 Å². The number of hydrogen-bond donors (Lipinski definition) is 0.